The van der Waals surface area contributed by atoms with Gasteiger partial charge in [0.15, 0.2) is 11.6 Å². The summed E-state index contributed by atoms with van der Waals surface area (Å²) < 4.78 is 40.4. The standard InChI is InChI=1S/C16H22F3N/c1-16(2,3)11-6-4-5-7-14(11)20-15-12(18)8-10(17)9-13(15)19/h8-9,11,14,20H,4-7H2,1-3H3. The predicted molar refractivity (Wildman–Crippen MR) is 75.1 cm³/mol. The SMILES string of the molecule is CC(C)(C)C1CCCCC1Nc1c(F)cc(F)cc1F. The summed E-state index contributed by atoms with van der Waals surface area (Å²) in [6.07, 6.45) is 4.13. The van der Waals surface area contributed by atoms with Gasteiger partial charge in [0.2, 0.25) is 0 Å². The Kier molecular flexibility index (Phi) is 4.31. The number of nitrogens with one attached hydrogen (secondary N) is 1. The number of benzene rings is 1. The maximum absolute atomic E-state index is 13.7. The van der Waals surface area contributed by atoms with E-state index in [1.54, 1.807) is 0 Å². The minimum absolute atomic E-state index is 0.0261. The van der Waals surface area contributed by atoms with E-state index in [1.807, 2.05) is 0 Å². The fourth-order valence-electron chi connectivity index (χ4n) is 3.21. The fraction of sp³-hybridized carbons (Fsp3) is 0.625. The van der Waals surface area contributed by atoms with Crippen LogP contribution in [0.1, 0.15) is 46.5 Å². The molecule has 1 saturated carbocycles. The van der Waals surface area contributed by atoms with Crippen LogP contribution in [-0.2, 0) is 0 Å². The van der Waals surface area contributed by atoms with Crippen molar-refractivity contribution in [2.75, 3.05) is 5.32 Å². The van der Waals surface area contributed by atoms with E-state index in [9.17, 15) is 13.2 Å². The quantitative estimate of drug-likeness (QED) is 0.795. The molecule has 1 aliphatic rings. The molecule has 0 bridgehead atoms. The Morgan fingerprint density at radius 1 is 1.00 bits per heavy atom. The molecule has 0 aromatic heterocycles. The highest BCUT2D eigenvalue weighted by Gasteiger charge is 2.34. The molecule has 2 atom stereocenters. The first-order chi connectivity index (χ1) is 9.29. The molecule has 20 heavy (non-hydrogen) atoms. The summed E-state index contributed by atoms with van der Waals surface area (Å²) in [5.41, 5.74) is -0.127. The van der Waals surface area contributed by atoms with E-state index in [-0.39, 0.29) is 17.1 Å². The molecule has 112 valence electrons. The van der Waals surface area contributed by atoms with E-state index in [1.165, 1.54) is 0 Å². The maximum atomic E-state index is 13.7. The van der Waals surface area contributed by atoms with Gasteiger partial charge in [0.05, 0.1) is 0 Å². The number of halogens is 3. The monoisotopic (exact) mass is 285 g/mol. The maximum Gasteiger partial charge on any atom is 0.152 e. The van der Waals surface area contributed by atoms with Crippen molar-refractivity contribution in [3.63, 3.8) is 0 Å². The van der Waals surface area contributed by atoms with Crippen LogP contribution in [0.2, 0.25) is 0 Å². The van der Waals surface area contributed by atoms with Crippen molar-refractivity contribution in [1.82, 2.24) is 0 Å². The second-order valence-corrected chi connectivity index (χ2v) is 6.75. The lowest BCUT2D eigenvalue weighted by molar-refractivity contribution is 0.162. The summed E-state index contributed by atoms with van der Waals surface area (Å²) in [6.45, 7) is 6.44. The lowest BCUT2D eigenvalue weighted by Gasteiger charge is -2.41. The zero-order valence-corrected chi connectivity index (χ0v) is 12.3. The highest BCUT2D eigenvalue weighted by atomic mass is 19.1. The van der Waals surface area contributed by atoms with Gasteiger partial charge < -0.3 is 5.32 Å². The summed E-state index contributed by atoms with van der Waals surface area (Å²) in [6, 6.07) is 1.47. The molecular weight excluding hydrogens is 263 g/mol. The number of hydrogen-bond acceptors (Lipinski definition) is 1. The third-order valence-electron chi connectivity index (χ3n) is 4.21. The van der Waals surface area contributed by atoms with Crippen LogP contribution in [0.25, 0.3) is 0 Å². The van der Waals surface area contributed by atoms with Gasteiger partial charge in [0.1, 0.15) is 11.5 Å². The fourth-order valence-corrected chi connectivity index (χ4v) is 3.21. The van der Waals surface area contributed by atoms with E-state index >= 15 is 0 Å². The van der Waals surface area contributed by atoms with Gasteiger partial charge in [0, 0.05) is 18.2 Å². The molecule has 1 aliphatic carbocycles. The average Bonchev–Trinajstić information content (AvgIpc) is 2.33. The Morgan fingerprint density at radius 3 is 2.10 bits per heavy atom. The van der Waals surface area contributed by atoms with Gasteiger partial charge in [-0.3, -0.25) is 0 Å². The second-order valence-electron chi connectivity index (χ2n) is 6.75. The van der Waals surface area contributed by atoms with E-state index in [4.69, 9.17) is 0 Å². The largest absolute Gasteiger partial charge is 0.377 e. The van der Waals surface area contributed by atoms with Crippen molar-refractivity contribution in [3.8, 4) is 0 Å². The van der Waals surface area contributed by atoms with Crippen LogP contribution in [0.15, 0.2) is 12.1 Å². The topological polar surface area (TPSA) is 12.0 Å². The molecule has 0 saturated heterocycles. The molecule has 1 N–H and O–H groups in total. The molecule has 1 aromatic carbocycles. The van der Waals surface area contributed by atoms with Gasteiger partial charge >= 0.3 is 0 Å². The summed E-state index contributed by atoms with van der Waals surface area (Å²) in [7, 11) is 0. The first-order valence-corrected chi connectivity index (χ1v) is 7.20. The Balaban J connectivity index is 2.23. The van der Waals surface area contributed by atoms with Crippen LogP contribution in [-0.4, -0.2) is 6.04 Å². The molecule has 4 heteroatoms. The zero-order valence-electron chi connectivity index (χ0n) is 12.3. The molecule has 2 rings (SSSR count). The van der Waals surface area contributed by atoms with Crippen molar-refractivity contribution < 1.29 is 13.2 Å². The number of hydrogen-bond donors (Lipinski definition) is 1. The van der Waals surface area contributed by atoms with Crippen LogP contribution in [0.5, 0.6) is 0 Å². The van der Waals surface area contributed by atoms with Crippen molar-refractivity contribution in [1.29, 1.82) is 0 Å². The summed E-state index contributed by atoms with van der Waals surface area (Å²) >= 11 is 0. The Bertz CT molecular complexity index is 456. The Labute approximate surface area is 118 Å². The van der Waals surface area contributed by atoms with Crippen LogP contribution >= 0.6 is 0 Å². The molecule has 1 nitrogen and oxygen atoms in total. The van der Waals surface area contributed by atoms with Crippen LogP contribution in [0, 0.1) is 28.8 Å². The predicted octanol–water partition coefficient (Wildman–Crippen LogP) is 5.12. The Morgan fingerprint density at radius 2 is 1.55 bits per heavy atom. The summed E-state index contributed by atoms with van der Waals surface area (Å²) in [4.78, 5) is 0. The van der Waals surface area contributed by atoms with Gasteiger partial charge in [-0.15, -0.1) is 0 Å². The van der Waals surface area contributed by atoms with Crippen molar-refractivity contribution in [3.05, 3.63) is 29.6 Å². The molecule has 2 unspecified atom stereocenters. The average molecular weight is 285 g/mol. The lowest BCUT2D eigenvalue weighted by Crippen LogP contribution is -2.40. The molecular formula is C16H22F3N. The summed E-state index contributed by atoms with van der Waals surface area (Å²) in [5.74, 6) is -2.26. The van der Waals surface area contributed by atoms with Gasteiger partial charge in [-0.1, -0.05) is 33.6 Å². The minimum atomic E-state index is -0.887. The Hall–Kier alpha value is -1.19. The van der Waals surface area contributed by atoms with Crippen molar-refractivity contribution in [2.45, 2.75) is 52.5 Å². The van der Waals surface area contributed by atoms with Crippen molar-refractivity contribution >= 4 is 5.69 Å². The highest BCUT2D eigenvalue weighted by molar-refractivity contribution is 5.47. The van der Waals surface area contributed by atoms with Crippen LogP contribution in [0.4, 0.5) is 18.9 Å². The summed E-state index contributed by atoms with van der Waals surface area (Å²) in [5, 5.41) is 2.98. The van der Waals surface area contributed by atoms with Gasteiger partial charge in [-0.2, -0.15) is 0 Å². The van der Waals surface area contributed by atoms with Crippen molar-refractivity contribution in [2.24, 2.45) is 11.3 Å². The highest BCUT2D eigenvalue weighted by Crippen LogP contribution is 2.39. The van der Waals surface area contributed by atoms with E-state index in [0.29, 0.717) is 5.92 Å². The number of anilines is 1. The van der Waals surface area contributed by atoms with Gasteiger partial charge in [0.25, 0.3) is 0 Å². The third-order valence-corrected chi connectivity index (χ3v) is 4.21. The molecule has 1 fully saturated rings. The minimum Gasteiger partial charge on any atom is -0.377 e. The van der Waals surface area contributed by atoms with E-state index in [0.717, 1.165) is 37.8 Å². The zero-order chi connectivity index (χ0) is 14.9. The van der Waals surface area contributed by atoms with E-state index in [2.05, 4.69) is 26.1 Å². The van der Waals surface area contributed by atoms with Crippen LogP contribution in [0.3, 0.4) is 0 Å². The first-order valence-electron chi connectivity index (χ1n) is 7.20. The first kappa shape index (κ1) is 15.2. The smallest absolute Gasteiger partial charge is 0.152 e. The molecule has 0 heterocycles. The molecule has 0 spiro atoms. The van der Waals surface area contributed by atoms with Crippen LogP contribution < -0.4 is 5.32 Å². The van der Waals surface area contributed by atoms with E-state index < -0.39 is 17.5 Å². The normalized spacial score (nSPS) is 23.7. The number of rotatable bonds is 2. The second kappa shape index (κ2) is 5.66. The molecule has 1 aromatic rings. The lowest BCUT2D eigenvalue weighted by atomic mass is 9.69. The third kappa shape index (κ3) is 3.28. The molecule has 0 amide bonds. The van der Waals surface area contributed by atoms with Gasteiger partial charge in [-0.25, -0.2) is 13.2 Å². The molecule has 0 radical (unpaired) electrons. The van der Waals surface area contributed by atoms with Gasteiger partial charge in [-0.05, 0) is 24.2 Å². The molecule has 0 aliphatic heterocycles.